The molecular weight excluding hydrogens is 318 g/mol. The summed E-state index contributed by atoms with van der Waals surface area (Å²) in [5.74, 6) is 1.52. The molecular formula is C19H33N3OS. The predicted molar refractivity (Wildman–Crippen MR) is 102 cm³/mol. The third kappa shape index (κ3) is 5.62. The first kappa shape index (κ1) is 19.5. The zero-order chi connectivity index (χ0) is 17.6. The number of aryl methyl sites for hydroxylation is 1. The molecule has 0 spiro atoms. The van der Waals surface area contributed by atoms with E-state index in [1.807, 2.05) is 17.8 Å². The summed E-state index contributed by atoms with van der Waals surface area (Å²) in [6.07, 6.45) is 11.6. The van der Waals surface area contributed by atoms with Crippen LogP contribution in [-0.4, -0.2) is 19.8 Å². The third-order valence-corrected chi connectivity index (χ3v) is 5.87. The average molecular weight is 352 g/mol. The molecule has 1 N–H and O–H groups in total. The highest BCUT2D eigenvalue weighted by Crippen LogP contribution is 2.50. The monoisotopic (exact) mass is 351 g/mol. The van der Waals surface area contributed by atoms with E-state index in [0.29, 0.717) is 0 Å². The fourth-order valence-electron chi connectivity index (χ4n) is 3.38. The number of aromatic nitrogens is 2. The Morgan fingerprint density at radius 3 is 2.38 bits per heavy atom. The average Bonchev–Trinajstić information content (AvgIpc) is 3.03. The van der Waals surface area contributed by atoms with Gasteiger partial charge in [-0.3, -0.25) is 5.32 Å². The first-order valence-corrected chi connectivity index (χ1v) is 10.1. The van der Waals surface area contributed by atoms with Gasteiger partial charge in [0.05, 0.1) is 4.87 Å². The Hall–Kier alpha value is -0.810. The number of hydrogen-bond acceptors (Lipinski definition) is 5. The van der Waals surface area contributed by atoms with E-state index in [4.69, 9.17) is 4.42 Å². The van der Waals surface area contributed by atoms with Gasteiger partial charge in [0.25, 0.3) is 0 Å². The molecule has 0 unspecified atom stereocenters. The maximum absolute atomic E-state index is 5.95. The molecule has 1 saturated heterocycles. The largest absolute Gasteiger partial charge is 0.424 e. The lowest BCUT2D eigenvalue weighted by molar-refractivity contribution is 0.336. The van der Waals surface area contributed by atoms with Crippen molar-refractivity contribution in [3.05, 3.63) is 24.4 Å². The zero-order valence-corrected chi connectivity index (χ0v) is 16.5. The minimum atomic E-state index is 0.0361. The Labute approximate surface area is 151 Å². The van der Waals surface area contributed by atoms with Gasteiger partial charge in [-0.1, -0.05) is 31.8 Å². The lowest BCUT2D eigenvalue weighted by Crippen LogP contribution is -2.34. The van der Waals surface area contributed by atoms with Crippen molar-refractivity contribution in [2.75, 3.05) is 0 Å². The van der Waals surface area contributed by atoms with Gasteiger partial charge in [0.2, 0.25) is 11.8 Å². The normalized spacial score (nSPS) is 21.9. The van der Waals surface area contributed by atoms with Crippen LogP contribution in [0, 0.1) is 0 Å². The van der Waals surface area contributed by atoms with Crippen LogP contribution in [-0.2, 0) is 6.42 Å². The van der Waals surface area contributed by atoms with E-state index in [0.717, 1.165) is 31.0 Å². The van der Waals surface area contributed by atoms with Crippen molar-refractivity contribution in [2.45, 2.75) is 94.7 Å². The minimum absolute atomic E-state index is 0.0361. The van der Waals surface area contributed by atoms with Gasteiger partial charge in [0.1, 0.15) is 6.04 Å². The molecule has 24 heavy (non-hydrogen) atoms. The highest BCUT2D eigenvalue weighted by molar-refractivity contribution is 8.02. The van der Waals surface area contributed by atoms with E-state index in [-0.39, 0.29) is 15.7 Å². The molecule has 2 rings (SSSR count). The molecule has 0 amide bonds. The number of thioether (sulfide) groups is 1. The first-order chi connectivity index (χ1) is 11.3. The molecule has 1 aliphatic heterocycles. The maximum Gasteiger partial charge on any atom is 0.234 e. The standard InChI is InChI=1S/C19H33N3OS/c1-6-7-8-9-10-11-12-13-14-15-21-22-17(23-15)16-18(2,3)24-19(4,5)20-16/h6,16,20H,1,7-14H2,2-5H3/t16-/m0/s1. The van der Waals surface area contributed by atoms with Crippen LogP contribution < -0.4 is 5.32 Å². The summed E-state index contributed by atoms with van der Waals surface area (Å²) >= 11 is 1.92. The Kier molecular flexibility index (Phi) is 6.93. The summed E-state index contributed by atoms with van der Waals surface area (Å²) in [6, 6.07) is 0.114. The second kappa shape index (κ2) is 8.52. The van der Waals surface area contributed by atoms with Crippen molar-refractivity contribution in [1.29, 1.82) is 0 Å². The molecule has 0 bridgehead atoms. The topological polar surface area (TPSA) is 51.0 Å². The van der Waals surface area contributed by atoms with Crippen LogP contribution in [0.1, 0.15) is 90.5 Å². The summed E-state index contributed by atoms with van der Waals surface area (Å²) in [7, 11) is 0. The minimum Gasteiger partial charge on any atom is -0.424 e. The van der Waals surface area contributed by atoms with Crippen LogP contribution in [0.4, 0.5) is 0 Å². The number of allylic oxidation sites excluding steroid dienone is 1. The van der Waals surface area contributed by atoms with E-state index in [2.05, 4.69) is 49.8 Å². The highest BCUT2D eigenvalue weighted by atomic mass is 32.2. The van der Waals surface area contributed by atoms with Crippen LogP contribution in [0.25, 0.3) is 0 Å². The molecule has 0 radical (unpaired) electrons. The van der Waals surface area contributed by atoms with Gasteiger partial charge in [-0.05, 0) is 47.0 Å². The van der Waals surface area contributed by atoms with Crippen LogP contribution >= 0.6 is 11.8 Å². The van der Waals surface area contributed by atoms with Crippen LogP contribution in [0.5, 0.6) is 0 Å². The van der Waals surface area contributed by atoms with E-state index < -0.39 is 0 Å². The molecule has 0 aliphatic carbocycles. The second-order valence-electron chi connectivity index (χ2n) is 7.78. The molecule has 1 fully saturated rings. The van der Waals surface area contributed by atoms with Crippen molar-refractivity contribution >= 4 is 11.8 Å². The molecule has 1 atom stereocenters. The number of rotatable bonds is 10. The van der Waals surface area contributed by atoms with E-state index in [9.17, 15) is 0 Å². The summed E-state index contributed by atoms with van der Waals surface area (Å²) in [6.45, 7) is 12.6. The molecule has 5 heteroatoms. The zero-order valence-electron chi connectivity index (χ0n) is 15.7. The number of hydrogen-bond donors (Lipinski definition) is 1. The van der Waals surface area contributed by atoms with Crippen molar-refractivity contribution in [3.63, 3.8) is 0 Å². The Morgan fingerprint density at radius 1 is 1.08 bits per heavy atom. The summed E-state index contributed by atoms with van der Waals surface area (Å²) in [5.41, 5.74) is 0. The van der Waals surface area contributed by atoms with Gasteiger partial charge >= 0.3 is 0 Å². The molecule has 4 nitrogen and oxygen atoms in total. The lowest BCUT2D eigenvalue weighted by atomic mass is 10.0. The van der Waals surface area contributed by atoms with Crippen molar-refractivity contribution in [3.8, 4) is 0 Å². The van der Waals surface area contributed by atoms with E-state index >= 15 is 0 Å². The van der Waals surface area contributed by atoms with Gasteiger partial charge in [-0.25, -0.2) is 0 Å². The highest BCUT2D eigenvalue weighted by Gasteiger charge is 2.48. The molecule has 0 aromatic carbocycles. The summed E-state index contributed by atoms with van der Waals surface area (Å²) < 4.78 is 6.00. The fourth-order valence-corrected chi connectivity index (χ4v) is 5.15. The van der Waals surface area contributed by atoms with Crippen LogP contribution in [0.2, 0.25) is 0 Å². The molecule has 2 heterocycles. The Balaban J connectivity index is 1.73. The Morgan fingerprint density at radius 2 is 1.75 bits per heavy atom. The quantitative estimate of drug-likeness (QED) is 0.450. The SMILES string of the molecule is C=CCCCCCCCCc1nnc([C@@H]2NC(C)(C)SC2(C)C)o1. The van der Waals surface area contributed by atoms with Gasteiger partial charge < -0.3 is 4.42 Å². The third-order valence-electron chi connectivity index (χ3n) is 4.48. The van der Waals surface area contributed by atoms with Crippen molar-refractivity contribution < 1.29 is 4.42 Å². The lowest BCUT2D eigenvalue weighted by Gasteiger charge is -2.22. The predicted octanol–water partition coefficient (Wildman–Crippen LogP) is 5.42. The Bertz CT molecular complexity index is 524. The first-order valence-electron chi connectivity index (χ1n) is 9.25. The van der Waals surface area contributed by atoms with Gasteiger partial charge in [0, 0.05) is 11.2 Å². The van der Waals surface area contributed by atoms with Gasteiger partial charge in [0.15, 0.2) is 0 Å². The van der Waals surface area contributed by atoms with Gasteiger partial charge in [-0.15, -0.1) is 28.5 Å². The number of unbranched alkanes of at least 4 members (excludes halogenated alkanes) is 6. The van der Waals surface area contributed by atoms with E-state index in [1.165, 1.54) is 32.1 Å². The van der Waals surface area contributed by atoms with Crippen molar-refractivity contribution in [2.24, 2.45) is 0 Å². The van der Waals surface area contributed by atoms with Crippen molar-refractivity contribution in [1.82, 2.24) is 15.5 Å². The number of nitrogens with zero attached hydrogens (tertiary/aromatic N) is 2. The maximum atomic E-state index is 5.95. The molecule has 136 valence electrons. The van der Waals surface area contributed by atoms with Gasteiger partial charge in [-0.2, -0.15) is 0 Å². The smallest absolute Gasteiger partial charge is 0.234 e. The van der Waals surface area contributed by atoms with E-state index in [1.54, 1.807) is 0 Å². The molecule has 1 aromatic heterocycles. The second-order valence-corrected chi connectivity index (χ2v) is 10.1. The molecule has 1 aliphatic rings. The van der Waals surface area contributed by atoms with Crippen LogP contribution in [0.15, 0.2) is 17.1 Å². The molecule has 0 saturated carbocycles. The summed E-state index contributed by atoms with van der Waals surface area (Å²) in [4.78, 5) is 0.0361. The van der Waals surface area contributed by atoms with Crippen LogP contribution in [0.3, 0.4) is 0 Å². The fraction of sp³-hybridized carbons (Fsp3) is 0.789. The molecule has 1 aromatic rings. The number of nitrogens with one attached hydrogen (secondary N) is 1. The summed E-state index contributed by atoms with van der Waals surface area (Å²) in [5, 5.41) is 12.2.